The molecule has 1 aliphatic carbocycles. The number of nitrogen functional groups attached to an aromatic ring is 1. The lowest BCUT2D eigenvalue weighted by atomic mass is 9.67. The molecule has 88 valence electrons. The van der Waals surface area contributed by atoms with Gasteiger partial charge in [0, 0.05) is 6.54 Å². The van der Waals surface area contributed by atoms with Crippen LogP contribution in [0, 0.1) is 5.41 Å². The van der Waals surface area contributed by atoms with E-state index in [0.29, 0.717) is 11.2 Å². The average Bonchev–Trinajstić information content (AvgIpc) is 2.29. The van der Waals surface area contributed by atoms with Gasteiger partial charge in [0.05, 0.1) is 12.4 Å². The maximum atomic E-state index is 5.28. The molecule has 0 saturated heterocycles. The standard InChI is InChI=1S/C11H19N5/c1-2-11(4-3-5-11)8-14-9-6-13-7-10(15-9)16-12/h6-7H,2-5,8,12H2,1H3,(H2,14,15,16). The summed E-state index contributed by atoms with van der Waals surface area (Å²) in [5, 5.41) is 3.34. The van der Waals surface area contributed by atoms with Crippen molar-refractivity contribution in [3.05, 3.63) is 12.4 Å². The van der Waals surface area contributed by atoms with Gasteiger partial charge in [0.2, 0.25) is 0 Å². The molecule has 1 fully saturated rings. The van der Waals surface area contributed by atoms with Gasteiger partial charge in [-0.2, -0.15) is 0 Å². The zero-order valence-corrected chi connectivity index (χ0v) is 9.66. The number of nitrogens with zero attached hydrogens (tertiary/aromatic N) is 2. The zero-order chi connectivity index (χ0) is 11.4. The van der Waals surface area contributed by atoms with Crippen LogP contribution in [-0.2, 0) is 0 Å². The molecule has 1 aromatic rings. The molecule has 0 atom stereocenters. The minimum absolute atomic E-state index is 0.480. The number of nitrogens with one attached hydrogen (secondary N) is 2. The fourth-order valence-corrected chi connectivity index (χ4v) is 2.13. The Kier molecular flexibility index (Phi) is 3.24. The van der Waals surface area contributed by atoms with Gasteiger partial charge in [-0.05, 0) is 24.7 Å². The van der Waals surface area contributed by atoms with Crippen molar-refractivity contribution >= 4 is 11.6 Å². The molecule has 0 radical (unpaired) electrons. The summed E-state index contributed by atoms with van der Waals surface area (Å²) in [5.41, 5.74) is 2.97. The molecule has 0 spiro atoms. The maximum Gasteiger partial charge on any atom is 0.160 e. The molecule has 1 aromatic heterocycles. The summed E-state index contributed by atoms with van der Waals surface area (Å²) in [6.45, 7) is 3.23. The third-order valence-electron chi connectivity index (χ3n) is 3.59. The fraction of sp³-hybridized carbons (Fsp3) is 0.636. The van der Waals surface area contributed by atoms with Crippen LogP contribution in [0.25, 0.3) is 0 Å². The minimum atomic E-state index is 0.480. The van der Waals surface area contributed by atoms with Crippen LogP contribution < -0.4 is 16.6 Å². The van der Waals surface area contributed by atoms with Crippen LogP contribution in [0.1, 0.15) is 32.6 Å². The highest BCUT2D eigenvalue weighted by Gasteiger charge is 2.34. The number of hydrogen-bond donors (Lipinski definition) is 3. The van der Waals surface area contributed by atoms with Crippen LogP contribution in [-0.4, -0.2) is 16.5 Å². The number of anilines is 2. The first kappa shape index (κ1) is 11.1. The highest BCUT2D eigenvalue weighted by atomic mass is 15.3. The topological polar surface area (TPSA) is 75.9 Å². The van der Waals surface area contributed by atoms with E-state index in [2.05, 4.69) is 27.6 Å². The molecule has 0 aromatic carbocycles. The molecule has 16 heavy (non-hydrogen) atoms. The lowest BCUT2D eigenvalue weighted by Crippen LogP contribution is -2.36. The van der Waals surface area contributed by atoms with Gasteiger partial charge < -0.3 is 10.7 Å². The van der Waals surface area contributed by atoms with E-state index in [9.17, 15) is 0 Å². The van der Waals surface area contributed by atoms with E-state index in [4.69, 9.17) is 5.84 Å². The second kappa shape index (κ2) is 4.65. The Bertz CT molecular complexity index is 342. The largest absolute Gasteiger partial charge is 0.368 e. The quantitative estimate of drug-likeness (QED) is 0.521. The molecule has 2 rings (SSSR count). The van der Waals surface area contributed by atoms with Crippen LogP contribution in [0.15, 0.2) is 12.4 Å². The smallest absolute Gasteiger partial charge is 0.160 e. The van der Waals surface area contributed by atoms with Crippen LogP contribution in [0.3, 0.4) is 0 Å². The van der Waals surface area contributed by atoms with Crippen LogP contribution in [0.2, 0.25) is 0 Å². The van der Waals surface area contributed by atoms with Gasteiger partial charge >= 0.3 is 0 Å². The van der Waals surface area contributed by atoms with Crippen molar-refractivity contribution in [2.45, 2.75) is 32.6 Å². The third kappa shape index (κ3) is 2.24. The zero-order valence-electron chi connectivity index (χ0n) is 9.66. The second-order valence-electron chi connectivity index (χ2n) is 4.49. The van der Waals surface area contributed by atoms with Crippen LogP contribution >= 0.6 is 0 Å². The van der Waals surface area contributed by atoms with Crippen molar-refractivity contribution in [1.29, 1.82) is 0 Å². The lowest BCUT2D eigenvalue weighted by molar-refractivity contribution is 0.145. The van der Waals surface area contributed by atoms with E-state index >= 15 is 0 Å². The molecule has 0 unspecified atom stereocenters. The highest BCUT2D eigenvalue weighted by Crippen LogP contribution is 2.43. The first-order valence-corrected chi connectivity index (χ1v) is 5.80. The third-order valence-corrected chi connectivity index (χ3v) is 3.59. The Labute approximate surface area is 95.8 Å². The molecule has 0 amide bonds. The van der Waals surface area contributed by atoms with Crippen LogP contribution in [0.5, 0.6) is 0 Å². The number of hydrogen-bond acceptors (Lipinski definition) is 5. The molecule has 4 N–H and O–H groups in total. The van der Waals surface area contributed by atoms with E-state index in [1.807, 2.05) is 0 Å². The van der Waals surface area contributed by atoms with Crippen molar-refractivity contribution in [3.63, 3.8) is 0 Å². The Morgan fingerprint density at radius 2 is 2.12 bits per heavy atom. The fourth-order valence-electron chi connectivity index (χ4n) is 2.13. The molecule has 0 bridgehead atoms. The van der Waals surface area contributed by atoms with Crippen molar-refractivity contribution in [3.8, 4) is 0 Å². The Morgan fingerprint density at radius 1 is 1.38 bits per heavy atom. The minimum Gasteiger partial charge on any atom is -0.368 e. The number of rotatable bonds is 5. The molecule has 5 nitrogen and oxygen atoms in total. The second-order valence-corrected chi connectivity index (χ2v) is 4.49. The Hall–Kier alpha value is -1.36. The van der Waals surface area contributed by atoms with Crippen LogP contribution in [0.4, 0.5) is 11.6 Å². The summed E-state index contributed by atoms with van der Waals surface area (Å²) >= 11 is 0. The monoisotopic (exact) mass is 221 g/mol. The summed E-state index contributed by atoms with van der Waals surface area (Å²) in [6, 6.07) is 0. The van der Waals surface area contributed by atoms with E-state index in [0.717, 1.165) is 12.4 Å². The van der Waals surface area contributed by atoms with E-state index in [1.54, 1.807) is 12.4 Å². The van der Waals surface area contributed by atoms with E-state index < -0.39 is 0 Å². The molecule has 1 aliphatic rings. The molecule has 1 saturated carbocycles. The predicted molar refractivity (Wildman–Crippen MR) is 64.9 cm³/mol. The molecular formula is C11H19N5. The summed E-state index contributed by atoms with van der Waals surface area (Å²) in [4.78, 5) is 8.34. The first-order chi connectivity index (χ1) is 7.78. The van der Waals surface area contributed by atoms with Gasteiger partial charge in [0.1, 0.15) is 5.82 Å². The molecule has 5 heteroatoms. The van der Waals surface area contributed by atoms with Crippen molar-refractivity contribution in [2.75, 3.05) is 17.3 Å². The van der Waals surface area contributed by atoms with E-state index in [1.165, 1.54) is 25.7 Å². The molecule has 0 aliphatic heterocycles. The maximum absolute atomic E-state index is 5.28. The van der Waals surface area contributed by atoms with Crippen molar-refractivity contribution < 1.29 is 0 Å². The average molecular weight is 221 g/mol. The van der Waals surface area contributed by atoms with Gasteiger partial charge in [-0.15, -0.1) is 0 Å². The SMILES string of the molecule is CCC1(CNc2cncc(NN)n2)CCC1. The molecule has 1 heterocycles. The van der Waals surface area contributed by atoms with Gasteiger partial charge in [-0.25, -0.2) is 10.8 Å². The van der Waals surface area contributed by atoms with Gasteiger partial charge in [-0.1, -0.05) is 13.3 Å². The normalized spacial score (nSPS) is 17.6. The molecular weight excluding hydrogens is 202 g/mol. The van der Waals surface area contributed by atoms with E-state index in [-0.39, 0.29) is 0 Å². The Morgan fingerprint density at radius 3 is 2.69 bits per heavy atom. The van der Waals surface area contributed by atoms with Gasteiger partial charge in [-0.3, -0.25) is 4.98 Å². The highest BCUT2D eigenvalue weighted by molar-refractivity contribution is 5.40. The first-order valence-electron chi connectivity index (χ1n) is 5.80. The summed E-state index contributed by atoms with van der Waals surface area (Å²) in [6.07, 6.45) is 8.54. The summed E-state index contributed by atoms with van der Waals surface area (Å²) in [7, 11) is 0. The van der Waals surface area contributed by atoms with Gasteiger partial charge in [0.25, 0.3) is 0 Å². The van der Waals surface area contributed by atoms with Gasteiger partial charge in [0.15, 0.2) is 5.82 Å². The number of aromatic nitrogens is 2. The number of hydrazine groups is 1. The number of nitrogens with two attached hydrogens (primary N) is 1. The summed E-state index contributed by atoms with van der Waals surface area (Å²) in [5.74, 6) is 6.66. The lowest BCUT2D eigenvalue weighted by Gasteiger charge is -2.41. The predicted octanol–water partition coefficient (Wildman–Crippen LogP) is 1.75. The Balaban J connectivity index is 1.93. The van der Waals surface area contributed by atoms with Crippen molar-refractivity contribution in [1.82, 2.24) is 9.97 Å². The van der Waals surface area contributed by atoms with Crippen molar-refractivity contribution in [2.24, 2.45) is 11.3 Å². The summed E-state index contributed by atoms with van der Waals surface area (Å²) < 4.78 is 0.